The van der Waals surface area contributed by atoms with Crippen LogP contribution in [-0.2, 0) is 0 Å². The van der Waals surface area contributed by atoms with Crippen molar-refractivity contribution in [2.24, 2.45) is 5.73 Å². The zero-order valence-electron chi connectivity index (χ0n) is 11.1. The summed E-state index contributed by atoms with van der Waals surface area (Å²) in [5.41, 5.74) is 7.18. The van der Waals surface area contributed by atoms with E-state index in [4.69, 9.17) is 17.3 Å². The Morgan fingerprint density at radius 1 is 1.50 bits per heavy atom. The van der Waals surface area contributed by atoms with Crippen molar-refractivity contribution in [3.05, 3.63) is 34.9 Å². The van der Waals surface area contributed by atoms with Crippen molar-refractivity contribution in [2.75, 3.05) is 33.7 Å². The Hall–Kier alpha value is -0.610. The first-order valence-corrected chi connectivity index (χ1v) is 6.85. The summed E-state index contributed by atoms with van der Waals surface area (Å²) in [6.45, 7) is 2.83. The van der Waals surface area contributed by atoms with E-state index in [1.165, 1.54) is 12.0 Å². The van der Waals surface area contributed by atoms with Gasteiger partial charge in [-0.25, -0.2) is 0 Å². The fourth-order valence-electron chi connectivity index (χ4n) is 2.68. The summed E-state index contributed by atoms with van der Waals surface area (Å²) in [6.07, 6.45) is 1.21. The third-order valence-corrected chi connectivity index (χ3v) is 4.06. The minimum atomic E-state index is 0.286. The Morgan fingerprint density at radius 2 is 2.28 bits per heavy atom. The molecule has 100 valence electrons. The number of likely N-dealkylation sites (tertiary alicyclic amines) is 1. The molecule has 1 fully saturated rings. The average Bonchev–Trinajstić information content (AvgIpc) is 2.80. The van der Waals surface area contributed by atoms with Gasteiger partial charge in [-0.3, -0.25) is 4.90 Å². The summed E-state index contributed by atoms with van der Waals surface area (Å²) in [6, 6.07) is 8.98. The van der Waals surface area contributed by atoms with E-state index in [2.05, 4.69) is 30.0 Å². The van der Waals surface area contributed by atoms with Crippen molar-refractivity contribution in [2.45, 2.75) is 18.5 Å². The molecule has 2 N–H and O–H groups in total. The van der Waals surface area contributed by atoms with Gasteiger partial charge in [0.25, 0.3) is 0 Å². The minimum absolute atomic E-state index is 0.286. The monoisotopic (exact) mass is 267 g/mol. The number of nitrogens with zero attached hydrogens (tertiary/aromatic N) is 2. The second-order valence-electron chi connectivity index (χ2n) is 5.21. The van der Waals surface area contributed by atoms with Gasteiger partial charge in [-0.2, -0.15) is 0 Å². The molecule has 0 amide bonds. The molecule has 0 spiro atoms. The van der Waals surface area contributed by atoms with Crippen LogP contribution in [0.25, 0.3) is 0 Å². The van der Waals surface area contributed by atoms with Crippen molar-refractivity contribution in [1.29, 1.82) is 0 Å². The van der Waals surface area contributed by atoms with E-state index in [9.17, 15) is 0 Å². The average molecular weight is 268 g/mol. The lowest BCUT2D eigenvalue weighted by atomic mass is 10.1. The Labute approximate surface area is 115 Å². The molecule has 0 bridgehead atoms. The molecule has 1 aromatic rings. The third-order valence-electron chi connectivity index (χ3n) is 3.82. The molecule has 0 aliphatic carbocycles. The molecule has 1 heterocycles. The Morgan fingerprint density at radius 3 is 2.83 bits per heavy atom. The summed E-state index contributed by atoms with van der Waals surface area (Å²) in [4.78, 5) is 4.77. The van der Waals surface area contributed by atoms with Crippen molar-refractivity contribution in [1.82, 2.24) is 9.80 Å². The fraction of sp³-hybridized carbons (Fsp3) is 0.571. The maximum absolute atomic E-state index is 6.06. The Balaban J connectivity index is 2.10. The van der Waals surface area contributed by atoms with Gasteiger partial charge in [-0.1, -0.05) is 23.7 Å². The van der Waals surface area contributed by atoms with Crippen molar-refractivity contribution in [3.8, 4) is 0 Å². The first kappa shape index (κ1) is 13.8. The summed E-state index contributed by atoms with van der Waals surface area (Å²) >= 11 is 6.06. The molecular formula is C14H22ClN3. The molecule has 0 aromatic heterocycles. The standard InChI is InChI=1S/C14H22ClN3/c1-17(2)13-6-7-18(10-13)14(9-16)11-4-3-5-12(15)8-11/h3-5,8,13-14H,6-7,9-10,16H2,1-2H3. The molecule has 2 unspecified atom stereocenters. The van der Waals surface area contributed by atoms with Gasteiger partial charge in [0.05, 0.1) is 0 Å². The number of hydrogen-bond donors (Lipinski definition) is 1. The van der Waals surface area contributed by atoms with Gasteiger partial charge in [0.15, 0.2) is 0 Å². The van der Waals surface area contributed by atoms with Crippen LogP contribution in [0, 0.1) is 0 Å². The van der Waals surface area contributed by atoms with Crippen LogP contribution in [0.15, 0.2) is 24.3 Å². The van der Waals surface area contributed by atoms with Crippen LogP contribution in [-0.4, -0.2) is 49.6 Å². The molecule has 1 saturated heterocycles. The molecule has 2 rings (SSSR count). The lowest BCUT2D eigenvalue weighted by molar-refractivity contribution is 0.220. The number of benzene rings is 1. The predicted octanol–water partition coefficient (Wildman–Crippen LogP) is 1.98. The molecule has 0 radical (unpaired) electrons. The van der Waals surface area contributed by atoms with Gasteiger partial charge in [-0.15, -0.1) is 0 Å². The molecule has 1 aliphatic rings. The quantitative estimate of drug-likeness (QED) is 0.906. The second kappa shape index (κ2) is 6.02. The van der Waals surface area contributed by atoms with Crippen molar-refractivity contribution < 1.29 is 0 Å². The SMILES string of the molecule is CN(C)C1CCN(C(CN)c2cccc(Cl)c2)C1. The van der Waals surface area contributed by atoms with Crippen LogP contribution < -0.4 is 5.73 Å². The topological polar surface area (TPSA) is 32.5 Å². The summed E-state index contributed by atoms with van der Waals surface area (Å²) in [5, 5.41) is 0.786. The lowest BCUT2D eigenvalue weighted by Crippen LogP contribution is -2.36. The zero-order valence-corrected chi connectivity index (χ0v) is 11.9. The molecule has 18 heavy (non-hydrogen) atoms. The molecule has 1 aliphatic heterocycles. The van der Waals surface area contributed by atoms with Crippen LogP contribution in [0.1, 0.15) is 18.0 Å². The molecular weight excluding hydrogens is 246 g/mol. The molecule has 1 aromatic carbocycles. The minimum Gasteiger partial charge on any atom is -0.329 e. The summed E-state index contributed by atoms with van der Waals surface area (Å²) in [7, 11) is 4.29. The van der Waals surface area contributed by atoms with E-state index < -0.39 is 0 Å². The van der Waals surface area contributed by atoms with Crippen molar-refractivity contribution >= 4 is 11.6 Å². The number of halogens is 1. The number of rotatable bonds is 4. The van der Waals surface area contributed by atoms with Gasteiger partial charge in [0, 0.05) is 36.7 Å². The number of hydrogen-bond acceptors (Lipinski definition) is 3. The Bertz CT molecular complexity index is 394. The molecule has 2 atom stereocenters. The molecule has 3 nitrogen and oxygen atoms in total. The van der Waals surface area contributed by atoms with E-state index in [0.717, 1.165) is 18.1 Å². The summed E-state index contributed by atoms with van der Waals surface area (Å²) in [5.74, 6) is 0. The van der Waals surface area contributed by atoms with E-state index >= 15 is 0 Å². The Kier molecular flexibility index (Phi) is 4.62. The molecule has 0 saturated carbocycles. The van der Waals surface area contributed by atoms with Gasteiger partial charge in [0.2, 0.25) is 0 Å². The van der Waals surface area contributed by atoms with E-state index in [1.54, 1.807) is 0 Å². The van der Waals surface area contributed by atoms with Gasteiger partial charge >= 0.3 is 0 Å². The van der Waals surface area contributed by atoms with Gasteiger partial charge < -0.3 is 10.6 Å². The van der Waals surface area contributed by atoms with Crippen molar-refractivity contribution in [3.63, 3.8) is 0 Å². The van der Waals surface area contributed by atoms with Crippen LogP contribution in [0.2, 0.25) is 5.02 Å². The summed E-state index contributed by atoms with van der Waals surface area (Å²) < 4.78 is 0. The van der Waals surface area contributed by atoms with Crippen LogP contribution >= 0.6 is 11.6 Å². The number of nitrogens with two attached hydrogens (primary N) is 1. The van der Waals surface area contributed by atoms with Crippen LogP contribution in [0.5, 0.6) is 0 Å². The maximum Gasteiger partial charge on any atom is 0.0471 e. The van der Waals surface area contributed by atoms with Crippen LogP contribution in [0.3, 0.4) is 0 Å². The predicted molar refractivity (Wildman–Crippen MR) is 76.9 cm³/mol. The lowest BCUT2D eigenvalue weighted by Gasteiger charge is -2.28. The van der Waals surface area contributed by atoms with E-state index in [0.29, 0.717) is 12.6 Å². The normalized spacial score (nSPS) is 22.6. The highest BCUT2D eigenvalue weighted by molar-refractivity contribution is 6.30. The van der Waals surface area contributed by atoms with E-state index in [1.807, 2.05) is 18.2 Å². The van der Waals surface area contributed by atoms with Crippen LogP contribution in [0.4, 0.5) is 0 Å². The maximum atomic E-state index is 6.06. The van der Waals surface area contributed by atoms with Gasteiger partial charge in [-0.05, 0) is 38.2 Å². The highest BCUT2D eigenvalue weighted by Gasteiger charge is 2.29. The zero-order chi connectivity index (χ0) is 13.1. The smallest absolute Gasteiger partial charge is 0.0471 e. The first-order valence-electron chi connectivity index (χ1n) is 6.48. The third kappa shape index (κ3) is 3.04. The highest BCUT2D eigenvalue weighted by Crippen LogP contribution is 2.27. The van der Waals surface area contributed by atoms with Gasteiger partial charge in [0.1, 0.15) is 0 Å². The van der Waals surface area contributed by atoms with E-state index in [-0.39, 0.29) is 6.04 Å². The fourth-order valence-corrected chi connectivity index (χ4v) is 2.88. The highest BCUT2D eigenvalue weighted by atomic mass is 35.5. The number of likely N-dealkylation sites (N-methyl/N-ethyl adjacent to an activating group) is 1. The largest absolute Gasteiger partial charge is 0.329 e. The molecule has 4 heteroatoms. The first-order chi connectivity index (χ1) is 8.61. The second-order valence-corrected chi connectivity index (χ2v) is 5.64.